The van der Waals surface area contributed by atoms with Crippen molar-refractivity contribution in [3.05, 3.63) is 23.8 Å². The quantitative estimate of drug-likeness (QED) is 0.827. The molecular weight excluding hydrogens is 360 g/mol. The van der Waals surface area contributed by atoms with E-state index in [2.05, 4.69) is 9.88 Å². The van der Waals surface area contributed by atoms with Crippen LogP contribution < -0.4 is 5.73 Å². The molecule has 2 bridgehead atoms. The number of aliphatic hydroxyl groups excluding tert-OH is 1. The molecule has 0 aliphatic carbocycles. The number of likely N-dealkylation sites (tertiary alicyclic amines) is 1. The maximum Gasteiger partial charge on any atom is 0.253 e. The fourth-order valence-corrected chi connectivity index (χ4v) is 6.30. The van der Waals surface area contributed by atoms with Crippen LogP contribution in [0.1, 0.15) is 36.0 Å². The summed E-state index contributed by atoms with van der Waals surface area (Å²) in [6, 6.07) is 6.42. The highest BCUT2D eigenvalue weighted by Crippen LogP contribution is 2.41. The second kappa shape index (κ2) is 6.72. The summed E-state index contributed by atoms with van der Waals surface area (Å²) in [5, 5.41) is 10.6. The fourth-order valence-electron chi connectivity index (χ4n) is 5.59. The Hall–Kier alpha value is -1.70. The normalized spacial score (nSPS) is 31.1. The van der Waals surface area contributed by atoms with Gasteiger partial charge < -0.3 is 15.7 Å². The van der Waals surface area contributed by atoms with Gasteiger partial charge in [0, 0.05) is 30.7 Å². The molecule has 3 N–H and O–H groups in total. The first-order valence-corrected chi connectivity index (χ1v) is 10.8. The highest BCUT2D eigenvalue weighted by Gasteiger charge is 2.47. The van der Waals surface area contributed by atoms with Gasteiger partial charge in [-0.25, -0.2) is 4.98 Å². The minimum Gasteiger partial charge on any atom is -0.395 e. The minimum absolute atomic E-state index is 0.0825. The molecule has 1 aromatic heterocycles. The van der Waals surface area contributed by atoms with Gasteiger partial charge in [-0.15, -0.1) is 0 Å². The van der Waals surface area contributed by atoms with E-state index in [1.807, 2.05) is 23.1 Å². The number of nitrogens with zero attached hydrogens (tertiary/aromatic N) is 3. The number of hydrogen-bond acceptors (Lipinski definition) is 6. The summed E-state index contributed by atoms with van der Waals surface area (Å²) in [5.41, 5.74) is 7.29. The molecule has 0 saturated carbocycles. The topological polar surface area (TPSA) is 82.7 Å². The van der Waals surface area contributed by atoms with Crippen LogP contribution in [0.5, 0.6) is 0 Å². The number of rotatable bonds is 2. The first kappa shape index (κ1) is 17.4. The average molecular weight is 387 g/mol. The van der Waals surface area contributed by atoms with Crippen molar-refractivity contribution < 1.29 is 9.90 Å². The number of nitrogen functional groups attached to an aromatic ring is 1. The molecule has 6 nitrogen and oxygen atoms in total. The van der Waals surface area contributed by atoms with Gasteiger partial charge in [-0.3, -0.25) is 9.69 Å². The van der Waals surface area contributed by atoms with Crippen LogP contribution >= 0.6 is 11.3 Å². The minimum atomic E-state index is 0.0825. The molecular formula is C20H26N4O2S. The van der Waals surface area contributed by atoms with Crippen molar-refractivity contribution in [3.8, 4) is 0 Å². The van der Waals surface area contributed by atoms with Crippen molar-refractivity contribution in [2.24, 2.45) is 11.8 Å². The summed E-state index contributed by atoms with van der Waals surface area (Å²) in [4.78, 5) is 22.1. The van der Waals surface area contributed by atoms with Gasteiger partial charge in [-0.05, 0) is 55.8 Å². The summed E-state index contributed by atoms with van der Waals surface area (Å²) < 4.78 is 1.01. The van der Waals surface area contributed by atoms with E-state index in [-0.39, 0.29) is 18.6 Å². The molecule has 0 unspecified atom stereocenters. The Morgan fingerprint density at radius 2 is 2.15 bits per heavy atom. The number of fused-ring (bicyclic) bond motifs is 5. The maximum atomic E-state index is 13.2. The lowest BCUT2D eigenvalue weighted by molar-refractivity contribution is -0.0795. The summed E-state index contributed by atoms with van der Waals surface area (Å²) in [6.07, 6.45) is 4.82. The zero-order valence-corrected chi connectivity index (χ0v) is 16.2. The smallest absolute Gasteiger partial charge is 0.253 e. The van der Waals surface area contributed by atoms with E-state index < -0.39 is 0 Å². The molecule has 7 heteroatoms. The fraction of sp³-hybridized carbons (Fsp3) is 0.600. The Morgan fingerprint density at radius 3 is 3.00 bits per heavy atom. The molecule has 3 aliphatic heterocycles. The molecule has 1 amide bonds. The van der Waals surface area contributed by atoms with Gasteiger partial charge in [0.05, 0.1) is 16.8 Å². The number of aromatic nitrogens is 1. The van der Waals surface area contributed by atoms with Gasteiger partial charge in [0.1, 0.15) is 0 Å². The second-order valence-electron chi connectivity index (χ2n) is 8.25. The first-order chi connectivity index (χ1) is 13.1. The monoisotopic (exact) mass is 386 g/mol. The van der Waals surface area contributed by atoms with E-state index in [0.717, 1.165) is 36.3 Å². The molecule has 3 fully saturated rings. The number of nitrogens with two attached hydrogens (primary N) is 1. The van der Waals surface area contributed by atoms with Crippen LogP contribution in [0.4, 0.5) is 5.13 Å². The van der Waals surface area contributed by atoms with Gasteiger partial charge in [0.2, 0.25) is 0 Å². The van der Waals surface area contributed by atoms with Gasteiger partial charge in [0.25, 0.3) is 5.91 Å². The molecule has 0 spiro atoms. The number of carbonyl (C=O) groups excluding carboxylic acids is 1. The van der Waals surface area contributed by atoms with Crippen molar-refractivity contribution in [1.29, 1.82) is 0 Å². The third kappa shape index (κ3) is 2.92. The Morgan fingerprint density at radius 1 is 1.30 bits per heavy atom. The van der Waals surface area contributed by atoms with E-state index >= 15 is 0 Å². The van der Waals surface area contributed by atoms with Crippen molar-refractivity contribution in [2.45, 2.75) is 37.8 Å². The molecule has 4 heterocycles. The van der Waals surface area contributed by atoms with Gasteiger partial charge in [0.15, 0.2) is 5.13 Å². The van der Waals surface area contributed by atoms with Crippen LogP contribution in [0.15, 0.2) is 18.2 Å². The number of aliphatic hydroxyl groups is 1. The van der Waals surface area contributed by atoms with Crippen LogP contribution in [0.3, 0.4) is 0 Å². The van der Waals surface area contributed by atoms with Crippen LogP contribution in [-0.4, -0.2) is 64.1 Å². The zero-order valence-electron chi connectivity index (χ0n) is 15.4. The van der Waals surface area contributed by atoms with Crippen LogP contribution in [0, 0.1) is 11.8 Å². The Bertz CT molecular complexity index is 855. The highest BCUT2D eigenvalue weighted by atomic mass is 32.1. The number of thiazole rings is 1. The summed E-state index contributed by atoms with van der Waals surface area (Å²) in [7, 11) is 0. The van der Waals surface area contributed by atoms with Crippen molar-refractivity contribution in [3.63, 3.8) is 0 Å². The highest BCUT2D eigenvalue weighted by molar-refractivity contribution is 7.22. The first-order valence-electron chi connectivity index (χ1n) is 9.96. The predicted octanol–water partition coefficient (Wildman–Crippen LogP) is 2.19. The van der Waals surface area contributed by atoms with Crippen molar-refractivity contribution >= 4 is 32.6 Å². The van der Waals surface area contributed by atoms with E-state index in [1.165, 1.54) is 30.6 Å². The van der Waals surface area contributed by atoms with Crippen LogP contribution in [0.2, 0.25) is 0 Å². The summed E-state index contributed by atoms with van der Waals surface area (Å²) in [5.74, 6) is 0.972. The zero-order chi connectivity index (χ0) is 18.5. The second-order valence-corrected chi connectivity index (χ2v) is 9.31. The van der Waals surface area contributed by atoms with Crippen LogP contribution in [0.25, 0.3) is 10.2 Å². The predicted molar refractivity (Wildman–Crippen MR) is 107 cm³/mol. The lowest BCUT2D eigenvalue weighted by Crippen LogP contribution is -2.65. The number of piperidine rings is 3. The third-order valence-electron chi connectivity index (χ3n) is 6.75. The molecule has 144 valence electrons. The number of carbonyl (C=O) groups is 1. The van der Waals surface area contributed by atoms with E-state index in [0.29, 0.717) is 28.6 Å². The van der Waals surface area contributed by atoms with Gasteiger partial charge >= 0.3 is 0 Å². The molecule has 3 saturated heterocycles. The third-order valence-corrected chi connectivity index (χ3v) is 7.61. The maximum absolute atomic E-state index is 13.2. The van der Waals surface area contributed by atoms with E-state index in [9.17, 15) is 9.90 Å². The number of amides is 1. The summed E-state index contributed by atoms with van der Waals surface area (Å²) in [6.45, 7) is 2.85. The lowest BCUT2D eigenvalue weighted by Gasteiger charge is -2.56. The SMILES string of the molecule is Nc1nc2cc(C(=O)N3C[C@H]4C[C@@H](C3)[C@H](CO)N3CCCC[C@@H]43)ccc2s1. The largest absolute Gasteiger partial charge is 0.395 e. The van der Waals surface area contributed by atoms with E-state index in [1.54, 1.807) is 0 Å². The molecule has 2 aromatic rings. The van der Waals surface area contributed by atoms with Gasteiger partial charge in [-0.1, -0.05) is 17.8 Å². The molecule has 27 heavy (non-hydrogen) atoms. The number of anilines is 1. The lowest BCUT2D eigenvalue weighted by atomic mass is 9.72. The molecule has 0 radical (unpaired) electrons. The number of hydrogen-bond donors (Lipinski definition) is 2. The average Bonchev–Trinajstić information content (AvgIpc) is 3.07. The number of benzene rings is 1. The van der Waals surface area contributed by atoms with Gasteiger partial charge in [-0.2, -0.15) is 0 Å². The molecule has 3 aliphatic rings. The van der Waals surface area contributed by atoms with Crippen LogP contribution in [-0.2, 0) is 0 Å². The molecule has 4 atom stereocenters. The van der Waals surface area contributed by atoms with E-state index in [4.69, 9.17) is 5.73 Å². The van der Waals surface area contributed by atoms with Crippen molar-refractivity contribution in [1.82, 2.24) is 14.8 Å². The van der Waals surface area contributed by atoms with Crippen molar-refractivity contribution in [2.75, 3.05) is 32.0 Å². The molecule has 1 aromatic carbocycles. The Labute approximate surface area is 163 Å². The standard InChI is InChI=1S/C20H26N4O2S/c21-20-22-15-8-12(4-5-18(15)27-20)19(26)23-9-13-7-14(10-23)17(11-25)24-6-2-1-3-16(13)24/h4-5,8,13-14,16-17,25H,1-3,6-7,9-11H2,(H2,21,22)/t13-,14+,16+,17+/m1/s1. The Kier molecular flexibility index (Phi) is 4.33. The summed E-state index contributed by atoms with van der Waals surface area (Å²) >= 11 is 1.45. The molecule has 5 rings (SSSR count). The Balaban J connectivity index is 1.41.